The molecule has 0 bridgehead atoms. The molecule has 2 aromatic rings. The molecule has 1 atom stereocenters. The van der Waals surface area contributed by atoms with Crippen LogP contribution in [0.2, 0.25) is 0 Å². The predicted octanol–water partition coefficient (Wildman–Crippen LogP) is 4.56. The summed E-state index contributed by atoms with van der Waals surface area (Å²) in [6.07, 6.45) is 2.44. The summed E-state index contributed by atoms with van der Waals surface area (Å²) in [6.45, 7) is 7.99. The zero-order valence-corrected chi connectivity index (χ0v) is 15.8. The van der Waals surface area contributed by atoms with E-state index in [-0.39, 0.29) is 11.6 Å². The summed E-state index contributed by atoms with van der Waals surface area (Å²) in [4.78, 5) is 12.4. The van der Waals surface area contributed by atoms with E-state index in [9.17, 15) is 10.1 Å². The summed E-state index contributed by atoms with van der Waals surface area (Å²) in [7, 11) is 0. The molecular formula is C22H25N3O. The van der Waals surface area contributed by atoms with Gasteiger partial charge in [-0.2, -0.15) is 5.26 Å². The van der Waals surface area contributed by atoms with E-state index in [1.165, 1.54) is 11.8 Å². The van der Waals surface area contributed by atoms with Gasteiger partial charge >= 0.3 is 0 Å². The summed E-state index contributed by atoms with van der Waals surface area (Å²) in [5, 5.41) is 15.3. The van der Waals surface area contributed by atoms with Crippen molar-refractivity contribution in [1.29, 1.82) is 5.26 Å². The van der Waals surface area contributed by atoms with Gasteiger partial charge in [-0.1, -0.05) is 43.3 Å². The molecule has 0 aliphatic carbocycles. The average molecular weight is 347 g/mol. The van der Waals surface area contributed by atoms with Crippen molar-refractivity contribution in [3.05, 3.63) is 76.5 Å². The lowest BCUT2D eigenvalue weighted by Crippen LogP contribution is -2.28. The van der Waals surface area contributed by atoms with Crippen LogP contribution < -0.4 is 10.6 Å². The fourth-order valence-electron chi connectivity index (χ4n) is 2.59. The lowest BCUT2D eigenvalue weighted by molar-refractivity contribution is -0.117. The van der Waals surface area contributed by atoms with Gasteiger partial charge in [-0.3, -0.25) is 4.79 Å². The number of amides is 1. The van der Waals surface area contributed by atoms with Gasteiger partial charge in [0.2, 0.25) is 0 Å². The number of carbonyl (C=O) groups excluding carboxylic acids is 1. The van der Waals surface area contributed by atoms with Crippen molar-refractivity contribution in [2.45, 2.75) is 40.2 Å². The van der Waals surface area contributed by atoms with E-state index < -0.39 is 5.91 Å². The third-order valence-electron chi connectivity index (χ3n) is 4.37. The van der Waals surface area contributed by atoms with Gasteiger partial charge in [0.15, 0.2) is 0 Å². The molecule has 0 saturated carbocycles. The smallest absolute Gasteiger partial charge is 0.263 e. The Labute approximate surface area is 155 Å². The highest BCUT2D eigenvalue weighted by molar-refractivity contribution is 5.97. The highest BCUT2D eigenvalue weighted by atomic mass is 16.1. The number of hydrogen-bond acceptors (Lipinski definition) is 3. The Morgan fingerprint density at radius 1 is 1.19 bits per heavy atom. The first-order valence-corrected chi connectivity index (χ1v) is 8.78. The van der Waals surface area contributed by atoms with Crippen LogP contribution in [0.4, 0.5) is 5.69 Å². The number of rotatable bonds is 6. The number of nitriles is 1. The molecule has 0 aliphatic rings. The number of carbonyl (C=O) groups is 1. The van der Waals surface area contributed by atoms with Gasteiger partial charge in [0.25, 0.3) is 5.91 Å². The third kappa shape index (κ3) is 4.97. The maximum Gasteiger partial charge on any atom is 0.263 e. The van der Waals surface area contributed by atoms with Crippen molar-refractivity contribution in [3.63, 3.8) is 0 Å². The monoisotopic (exact) mass is 347 g/mol. The quantitative estimate of drug-likeness (QED) is 0.594. The Bertz CT molecular complexity index is 845. The molecule has 0 aromatic heterocycles. The first-order chi connectivity index (χ1) is 12.4. The number of benzene rings is 2. The van der Waals surface area contributed by atoms with E-state index in [0.717, 1.165) is 28.8 Å². The second kappa shape index (κ2) is 8.87. The summed E-state index contributed by atoms with van der Waals surface area (Å²) < 4.78 is 0. The zero-order valence-electron chi connectivity index (χ0n) is 15.8. The fourth-order valence-corrected chi connectivity index (χ4v) is 2.59. The van der Waals surface area contributed by atoms with Crippen molar-refractivity contribution < 1.29 is 4.79 Å². The third-order valence-corrected chi connectivity index (χ3v) is 4.37. The molecule has 0 saturated heterocycles. The summed E-state index contributed by atoms with van der Waals surface area (Å²) in [5.74, 6) is -0.391. The summed E-state index contributed by atoms with van der Waals surface area (Å²) >= 11 is 0. The van der Waals surface area contributed by atoms with Gasteiger partial charge in [0, 0.05) is 11.9 Å². The molecular weight excluding hydrogens is 322 g/mol. The Hall–Kier alpha value is -3.06. The summed E-state index contributed by atoms with van der Waals surface area (Å²) in [5.41, 5.74) is 5.35. The van der Waals surface area contributed by atoms with E-state index >= 15 is 0 Å². The molecule has 0 aliphatic heterocycles. The topological polar surface area (TPSA) is 64.9 Å². The molecule has 0 heterocycles. The van der Waals surface area contributed by atoms with E-state index in [1.54, 1.807) is 0 Å². The summed E-state index contributed by atoms with van der Waals surface area (Å²) in [6, 6.07) is 15.9. The van der Waals surface area contributed by atoms with Crippen LogP contribution in [0.15, 0.2) is 54.2 Å². The van der Waals surface area contributed by atoms with Crippen molar-refractivity contribution in [1.82, 2.24) is 5.32 Å². The van der Waals surface area contributed by atoms with E-state index in [1.807, 2.05) is 57.2 Å². The Kier molecular flexibility index (Phi) is 6.57. The number of aryl methyl sites for hydroxylation is 3. The predicted molar refractivity (Wildman–Crippen MR) is 106 cm³/mol. The normalized spacial score (nSPS) is 12.2. The van der Waals surface area contributed by atoms with Crippen molar-refractivity contribution in [3.8, 4) is 6.07 Å². The molecule has 26 heavy (non-hydrogen) atoms. The lowest BCUT2D eigenvalue weighted by atomic mass is 10.0. The molecule has 0 fully saturated rings. The second-order valence-electron chi connectivity index (χ2n) is 6.42. The highest BCUT2D eigenvalue weighted by Gasteiger charge is 2.14. The molecule has 4 heteroatoms. The Morgan fingerprint density at radius 3 is 2.50 bits per heavy atom. The average Bonchev–Trinajstić information content (AvgIpc) is 2.64. The molecule has 1 amide bonds. The molecule has 134 valence electrons. The molecule has 2 aromatic carbocycles. The van der Waals surface area contributed by atoms with E-state index in [2.05, 4.69) is 29.7 Å². The van der Waals surface area contributed by atoms with Gasteiger partial charge < -0.3 is 10.6 Å². The molecule has 4 nitrogen and oxygen atoms in total. The van der Waals surface area contributed by atoms with Crippen molar-refractivity contribution >= 4 is 11.6 Å². The molecule has 0 radical (unpaired) electrons. The highest BCUT2D eigenvalue weighted by Crippen LogP contribution is 2.17. The van der Waals surface area contributed by atoms with E-state index in [0.29, 0.717) is 0 Å². The van der Waals surface area contributed by atoms with Gasteiger partial charge in [-0.05, 0) is 55.5 Å². The Morgan fingerprint density at radius 2 is 1.88 bits per heavy atom. The van der Waals surface area contributed by atoms with Crippen LogP contribution in [0.1, 0.15) is 42.1 Å². The standard InChI is InChI=1S/C22H25N3O/c1-5-18-8-10-19(11-9-18)17(4)25-22(26)20(13-23)14-24-21-12-15(2)6-7-16(21)3/h6-12,14,17,24H,5H2,1-4H3,(H,25,26)/b20-14-. The number of nitrogens with one attached hydrogen (secondary N) is 2. The Balaban J connectivity index is 2.07. The van der Waals surface area contributed by atoms with Crippen molar-refractivity contribution in [2.24, 2.45) is 0 Å². The molecule has 1 unspecified atom stereocenters. The first kappa shape index (κ1) is 19.3. The molecule has 0 spiro atoms. The van der Waals surface area contributed by atoms with Gasteiger partial charge in [-0.15, -0.1) is 0 Å². The largest absolute Gasteiger partial charge is 0.360 e. The number of hydrogen-bond donors (Lipinski definition) is 2. The van der Waals surface area contributed by atoms with Crippen LogP contribution in [-0.4, -0.2) is 5.91 Å². The van der Waals surface area contributed by atoms with Crippen LogP contribution in [0.5, 0.6) is 0 Å². The van der Waals surface area contributed by atoms with Crippen LogP contribution in [-0.2, 0) is 11.2 Å². The van der Waals surface area contributed by atoms with Crippen LogP contribution >= 0.6 is 0 Å². The van der Waals surface area contributed by atoms with E-state index in [4.69, 9.17) is 0 Å². The SMILES string of the molecule is CCc1ccc(C(C)NC(=O)/C(C#N)=C\Nc2cc(C)ccc2C)cc1. The van der Waals surface area contributed by atoms with Gasteiger partial charge in [-0.25, -0.2) is 0 Å². The second-order valence-corrected chi connectivity index (χ2v) is 6.42. The molecule has 2 rings (SSSR count). The number of anilines is 1. The number of nitrogens with zero attached hydrogens (tertiary/aromatic N) is 1. The van der Waals surface area contributed by atoms with Crippen LogP contribution in [0.25, 0.3) is 0 Å². The molecule has 2 N–H and O–H groups in total. The van der Waals surface area contributed by atoms with Crippen molar-refractivity contribution in [2.75, 3.05) is 5.32 Å². The maximum atomic E-state index is 12.4. The van der Waals surface area contributed by atoms with Crippen LogP contribution in [0, 0.1) is 25.2 Å². The minimum Gasteiger partial charge on any atom is -0.360 e. The zero-order chi connectivity index (χ0) is 19.1. The first-order valence-electron chi connectivity index (χ1n) is 8.78. The van der Waals surface area contributed by atoms with Gasteiger partial charge in [0.1, 0.15) is 11.6 Å². The van der Waals surface area contributed by atoms with Gasteiger partial charge in [0.05, 0.1) is 6.04 Å². The van der Waals surface area contributed by atoms with Crippen LogP contribution in [0.3, 0.4) is 0 Å². The minimum atomic E-state index is -0.391. The fraction of sp³-hybridized carbons (Fsp3) is 0.273. The lowest BCUT2D eigenvalue weighted by Gasteiger charge is -2.14. The minimum absolute atomic E-state index is 0.0444. The maximum absolute atomic E-state index is 12.4.